The zero-order valence-corrected chi connectivity index (χ0v) is 16.8. The van der Waals surface area contributed by atoms with Gasteiger partial charge in [0.25, 0.3) is 5.91 Å². The third-order valence-electron chi connectivity index (χ3n) is 5.06. The number of amides is 2. The first-order chi connectivity index (χ1) is 13.8. The predicted octanol–water partition coefficient (Wildman–Crippen LogP) is 2.07. The Morgan fingerprint density at radius 3 is 2.76 bits per heavy atom. The Bertz CT molecular complexity index is 1280. The second kappa shape index (κ2) is 7.32. The van der Waals surface area contributed by atoms with Gasteiger partial charge in [-0.1, -0.05) is 28.1 Å². The molecule has 4 rings (SSSR count). The van der Waals surface area contributed by atoms with E-state index in [1.165, 1.54) is 10.6 Å². The molecule has 8 nitrogen and oxygen atoms in total. The van der Waals surface area contributed by atoms with E-state index in [2.05, 4.69) is 26.2 Å². The van der Waals surface area contributed by atoms with Crippen molar-refractivity contribution in [2.75, 3.05) is 5.32 Å². The normalized spacial score (nSPS) is 15.3. The molecular weight excluding hydrogens is 440 g/mol. The minimum Gasteiger partial charge on any atom is -0.366 e. The van der Waals surface area contributed by atoms with Crippen LogP contribution < -0.4 is 22.2 Å². The van der Waals surface area contributed by atoms with E-state index in [0.717, 1.165) is 10.0 Å². The number of anilines is 1. The molecule has 3 aromatic rings. The first-order valence-corrected chi connectivity index (χ1v) is 9.80. The third kappa shape index (κ3) is 3.49. The average molecular weight is 457 g/mol. The highest BCUT2D eigenvalue weighted by Gasteiger charge is 2.26. The van der Waals surface area contributed by atoms with E-state index in [-0.39, 0.29) is 17.9 Å². The number of halogens is 1. The van der Waals surface area contributed by atoms with Gasteiger partial charge in [0.1, 0.15) is 0 Å². The summed E-state index contributed by atoms with van der Waals surface area (Å²) in [7, 11) is 0. The number of para-hydroxylation sites is 1. The van der Waals surface area contributed by atoms with Crippen molar-refractivity contribution in [2.24, 2.45) is 5.73 Å². The van der Waals surface area contributed by atoms with Gasteiger partial charge in [0.2, 0.25) is 5.91 Å². The molecule has 0 aliphatic carbocycles. The van der Waals surface area contributed by atoms with Gasteiger partial charge in [0.15, 0.2) is 0 Å². The number of nitrogens with two attached hydrogens (primary N) is 1. The highest BCUT2D eigenvalue weighted by atomic mass is 79.9. The van der Waals surface area contributed by atoms with Crippen LogP contribution in [0.15, 0.2) is 50.5 Å². The maximum absolute atomic E-state index is 12.7. The Morgan fingerprint density at radius 1 is 1.24 bits per heavy atom. The largest absolute Gasteiger partial charge is 0.366 e. The van der Waals surface area contributed by atoms with Gasteiger partial charge in [0, 0.05) is 16.9 Å². The van der Waals surface area contributed by atoms with E-state index in [1.807, 2.05) is 6.07 Å². The zero-order chi connectivity index (χ0) is 20.7. The lowest BCUT2D eigenvalue weighted by Crippen LogP contribution is -2.41. The third-order valence-corrected chi connectivity index (χ3v) is 5.51. The molecule has 148 valence electrons. The van der Waals surface area contributed by atoms with Crippen LogP contribution >= 0.6 is 15.9 Å². The van der Waals surface area contributed by atoms with Crippen LogP contribution in [0.4, 0.5) is 5.69 Å². The molecule has 0 spiro atoms. The fourth-order valence-corrected chi connectivity index (χ4v) is 4.33. The number of benzene rings is 2. The lowest BCUT2D eigenvalue weighted by atomic mass is 9.96. The van der Waals surface area contributed by atoms with E-state index in [1.54, 1.807) is 24.3 Å². The number of nitrogens with zero attached hydrogens (tertiary/aromatic N) is 1. The molecule has 29 heavy (non-hydrogen) atoms. The van der Waals surface area contributed by atoms with Crippen LogP contribution in [0.25, 0.3) is 11.0 Å². The van der Waals surface area contributed by atoms with Crippen molar-refractivity contribution in [3.8, 4) is 0 Å². The Labute approximate surface area is 172 Å². The number of hydrogen-bond donors (Lipinski definition) is 3. The smallest absolute Gasteiger partial charge is 0.317 e. The van der Waals surface area contributed by atoms with E-state index >= 15 is 0 Å². The molecule has 2 amide bonds. The molecule has 0 bridgehead atoms. The highest BCUT2D eigenvalue weighted by Crippen LogP contribution is 2.32. The number of aromatic amines is 1. The molecule has 0 saturated carbocycles. The summed E-state index contributed by atoms with van der Waals surface area (Å²) in [4.78, 5) is 51.6. The van der Waals surface area contributed by atoms with Crippen molar-refractivity contribution >= 4 is 44.5 Å². The fraction of sp³-hybridized carbons (Fsp3) is 0.200. The number of hydrogen-bond acceptors (Lipinski definition) is 4. The summed E-state index contributed by atoms with van der Waals surface area (Å²) >= 11 is 3.42. The molecule has 2 heterocycles. The van der Waals surface area contributed by atoms with Gasteiger partial charge in [-0.2, -0.15) is 0 Å². The topological polar surface area (TPSA) is 127 Å². The zero-order valence-electron chi connectivity index (χ0n) is 15.2. The van der Waals surface area contributed by atoms with Gasteiger partial charge in [-0.15, -0.1) is 0 Å². The van der Waals surface area contributed by atoms with E-state index in [4.69, 9.17) is 5.73 Å². The molecule has 1 unspecified atom stereocenters. The summed E-state index contributed by atoms with van der Waals surface area (Å²) in [6.45, 7) is 0. The highest BCUT2D eigenvalue weighted by molar-refractivity contribution is 9.10. The van der Waals surface area contributed by atoms with Gasteiger partial charge in [-0.3, -0.25) is 23.7 Å². The molecule has 0 saturated heterocycles. The summed E-state index contributed by atoms with van der Waals surface area (Å²) in [5.74, 6) is -1.02. The number of aromatic nitrogens is 2. The molecule has 0 radical (unpaired) electrons. The van der Waals surface area contributed by atoms with Crippen molar-refractivity contribution in [3.63, 3.8) is 0 Å². The second-order valence-electron chi connectivity index (χ2n) is 6.94. The molecule has 9 heteroatoms. The maximum Gasteiger partial charge on any atom is 0.317 e. The van der Waals surface area contributed by atoms with Crippen LogP contribution in [0.3, 0.4) is 0 Å². The number of carbonyl (C=O) groups excluding carboxylic acids is 2. The molecule has 2 aromatic carbocycles. The second-order valence-corrected chi connectivity index (χ2v) is 7.86. The van der Waals surface area contributed by atoms with Gasteiger partial charge < -0.3 is 16.0 Å². The maximum atomic E-state index is 12.7. The summed E-state index contributed by atoms with van der Waals surface area (Å²) < 4.78 is 2.22. The Hall–Kier alpha value is -3.20. The van der Waals surface area contributed by atoms with Crippen molar-refractivity contribution in [2.45, 2.75) is 25.3 Å². The predicted molar refractivity (Wildman–Crippen MR) is 112 cm³/mol. The summed E-state index contributed by atoms with van der Waals surface area (Å²) in [5, 5.41) is 2.69. The van der Waals surface area contributed by atoms with Crippen molar-refractivity contribution < 1.29 is 9.59 Å². The standard InChI is InChI=1S/C20H17BrN4O4/c21-11-7-10-5-6-12(25-17(10)15(8-11)24-19(28)20(25)29)9-16(26)23-14-4-2-1-3-13(14)18(22)27/h1-4,7-8,12H,5-6,9H2,(H2,22,27)(H,23,26)(H,24,28). The molecule has 1 aromatic heterocycles. The van der Waals surface area contributed by atoms with E-state index in [9.17, 15) is 19.2 Å². The SMILES string of the molecule is NC(=O)c1ccccc1NC(=O)CC1CCc2cc(Br)cc3[nH]c(=O)c(=O)n1c23. The lowest BCUT2D eigenvalue weighted by Gasteiger charge is -2.27. The first kappa shape index (κ1) is 19.1. The van der Waals surface area contributed by atoms with Crippen LogP contribution in [-0.4, -0.2) is 21.4 Å². The van der Waals surface area contributed by atoms with Gasteiger partial charge in [-0.05, 0) is 42.7 Å². The monoisotopic (exact) mass is 456 g/mol. The molecular formula is C20H17BrN4O4. The van der Waals surface area contributed by atoms with Crippen LogP contribution in [0.2, 0.25) is 0 Å². The number of rotatable bonds is 4. The molecule has 1 aliphatic heterocycles. The van der Waals surface area contributed by atoms with Crippen LogP contribution in [0.1, 0.15) is 34.8 Å². The quantitative estimate of drug-likeness (QED) is 0.519. The van der Waals surface area contributed by atoms with Gasteiger partial charge in [-0.25, -0.2) is 0 Å². The molecule has 0 fully saturated rings. The molecule has 1 aliphatic rings. The minimum atomic E-state index is -0.729. The fourth-order valence-electron chi connectivity index (χ4n) is 3.83. The van der Waals surface area contributed by atoms with Crippen molar-refractivity contribution in [1.29, 1.82) is 0 Å². The summed E-state index contributed by atoms with van der Waals surface area (Å²) in [6.07, 6.45) is 1.19. The lowest BCUT2D eigenvalue weighted by molar-refractivity contribution is -0.117. The minimum absolute atomic E-state index is 0.0128. The number of primary amides is 1. The Morgan fingerprint density at radius 2 is 2.00 bits per heavy atom. The van der Waals surface area contributed by atoms with Crippen LogP contribution in [-0.2, 0) is 11.2 Å². The summed E-state index contributed by atoms with van der Waals surface area (Å²) in [6, 6.07) is 9.63. The first-order valence-electron chi connectivity index (χ1n) is 9.01. The van der Waals surface area contributed by atoms with E-state index < -0.39 is 23.1 Å². The molecule has 1 atom stereocenters. The molecule has 4 N–H and O–H groups in total. The van der Waals surface area contributed by atoms with Crippen molar-refractivity contribution in [3.05, 3.63) is 72.7 Å². The van der Waals surface area contributed by atoms with Crippen LogP contribution in [0, 0.1) is 0 Å². The number of H-pyrrole nitrogens is 1. The Balaban J connectivity index is 1.70. The van der Waals surface area contributed by atoms with Gasteiger partial charge >= 0.3 is 11.1 Å². The van der Waals surface area contributed by atoms with Crippen molar-refractivity contribution in [1.82, 2.24) is 9.55 Å². The number of nitrogens with one attached hydrogen (secondary N) is 2. The van der Waals surface area contributed by atoms with E-state index in [0.29, 0.717) is 29.6 Å². The van der Waals surface area contributed by atoms with Gasteiger partial charge in [0.05, 0.1) is 22.3 Å². The Kier molecular flexibility index (Phi) is 4.83. The van der Waals surface area contributed by atoms with Crippen LogP contribution in [0.5, 0.6) is 0 Å². The number of aryl methyl sites for hydroxylation is 1. The number of carbonyl (C=O) groups is 2. The summed E-state index contributed by atoms with van der Waals surface area (Å²) in [5.41, 5.74) is 6.57. The average Bonchev–Trinajstić information content (AvgIpc) is 2.66.